The summed E-state index contributed by atoms with van der Waals surface area (Å²) in [5.74, 6) is 0.437. The van der Waals surface area contributed by atoms with E-state index in [1.165, 1.54) is 5.57 Å². The van der Waals surface area contributed by atoms with Gasteiger partial charge in [0.05, 0.1) is 31.4 Å². The molecule has 0 amide bonds. The minimum absolute atomic E-state index is 0.437. The first-order chi connectivity index (χ1) is 5.38. The first-order valence-corrected chi connectivity index (χ1v) is 3.85. The van der Waals surface area contributed by atoms with Crippen LogP contribution in [0.2, 0.25) is 0 Å². The molecule has 1 N–H and O–H groups in total. The van der Waals surface area contributed by atoms with Crippen molar-refractivity contribution in [2.75, 3.05) is 0 Å². The molecule has 0 unspecified atom stereocenters. The van der Waals surface area contributed by atoms with Crippen LogP contribution in [0.3, 0.4) is 0 Å². The van der Waals surface area contributed by atoms with E-state index in [9.17, 15) is 5.11 Å². The van der Waals surface area contributed by atoms with Crippen molar-refractivity contribution in [2.45, 2.75) is 12.8 Å². The van der Waals surface area contributed by atoms with Crippen molar-refractivity contribution in [3.63, 3.8) is 0 Å². The van der Waals surface area contributed by atoms with E-state index in [-0.39, 0.29) is 0 Å². The first kappa shape index (κ1) is 6.47. The number of fused-ring (bicyclic) bond motifs is 1. The van der Waals surface area contributed by atoms with Crippen LogP contribution in [0.25, 0.3) is 0 Å². The molecule has 0 heterocycles. The normalized spacial score (nSPS) is 21.6. The van der Waals surface area contributed by atoms with Gasteiger partial charge in [-0.25, -0.2) is 0 Å². The summed E-state index contributed by atoms with van der Waals surface area (Å²) in [6.45, 7) is 0. The van der Waals surface area contributed by atoms with Crippen LogP contribution >= 0.6 is 0 Å². The molecule has 0 aliphatic heterocycles. The van der Waals surface area contributed by atoms with Crippen molar-refractivity contribution in [3.05, 3.63) is 48.0 Å². The Morgan fingerprint density at radius 3 is 3.18 bits per heavy atom. The topological polar surface area (TPSA) is 20.2 Å². The van der Waals surface area contributed by atoms with Gasteiger partial charge in [-0.1, -0.05) is 0 Å². The number of aliphatic hydroxyl groups is 1. The maximum absolute atomic E-state index is 9.42. The zero-order valence-corrected chi connectivity index (χ0v) is 6.25. The summed E-state index contributed by atoms with van der Waals surface area (Å²) < 4.78 is 0. The van der Waals surface area contributed by atoms with Crippen molar-refractivity contribution in [2.24, 2.45) is 0 Å². The van der Waals surface area contributed by atoms with E-state index in [2.05, 4.69) is 6.08 Å². The smallest absolute Gasteiger partial charge is 0.314 e. The fraction of sp³-hybridized carbons (Fsp3) is 0.200. The third-order valence-corrected chi connectivity index (χ3v) is 2.04. The van der Waals surface area contributed by atoms with Gasteiger partial charge in [0.1, 0.15) is 11.6 Å². The van der Waals surface area contributed by atoms with Crippen molar-refractivity contribution in [1.82, 2.24) is 0 Å². The highest BCUT2D eigenvalue weighted by atomic mass is 16.3. The molecular weight excluding hydrogens is 136 g/mol. The molecular formula is C10H10O+2. The molecule has 11 heavy (non-hydrogen) atoms. The number of allylic oxidation sites excluding steroid dienone is 6. The summed E-state index contributed by atoms with van der Waals surface area (Å²) in [6, 6.07) is 0. The molecule has 0 bridgehead atoms. The maximum Gasteiger partial charge on any atom is 0.314 e. The van der Waals surface area contributed by atoms with Crippen LogP contribution in [-0.2, 0) is 0 Å². The van der Waals surface area contributed by atoms with Crippen LogP contribution in [0.4, 0.5) is 0 Å². The van der Waals surface area contributed by atoms with Crippen molar-refractivity contribution in [1.29, 1.82) is 0 Å². The Morgan fingerprint density at radius 2 is 2.36 bits per heavy atom. The van der Waals surface area contributed by atoms with Gasteiger partial charge in [-0.3, -0.25) is 0 Å². The lowest BCUT2D eigenvalue weighted by atomic mass is 9.88. The second kappa shape index (κ2) is 2.42. The molecule has 0 aromatic carbocycles. The number of aliphatic hydroxyl groups excluding tert-OH is 1. The second-order valence-electron chi connectivity index (χ2n) is 2.79. The van der Waals surface area contributed by atoms with Crippen LogP contribution in [0, 0.1) is 12.8 Å². The van der Waals surface area contributed by atoms with Gasteiger partial charge < -0.3 is 5.11 Å². The van der Waals surface area contributed by atoms with Gasteiger partial charge in [0, 0.05) is 6.42 Å². The lowest BCUT2D eigenvalue weighted by Crippen LogP contribution is -2.03. The first-order valence-electron chi connectivity index (χ1n) is 3.85. The highest BCUT2D eigenvalue weighted by Gasteiger charge is 2.32. The Morgan fingerprint density at radius 1 is 1.45 bits per heavy atom. The lowest BCUT2D eigenvalue weighted by molar-refractivity contribution is 0.407. The van der Waals surface area contributed by atoms with Crippen LogP contribution in [0.15, 0.2) is 35.1 Å². The summed E-state index contributed by atoms with van der Waals surface area (Å²) in [7, 11) is 0. The van der Waals surface area contributed by atoms with E-state index in [1.54, 1.807) is 0 Å². The van der Waals surface area contributed by atoms with Crippen LogP contribution in [0.1, 0.15) is 12.8 Å². The molecule has 0 saturated heterocycles. The Bertz CT molecular complexity index is 256. The van der Waals surface area contributed by atoms with E-state index < -0.39 is 0 Å². The van der Waals surface area contributed by atoms with E-state index in [1.807, 2.05) is 25.0 Å². The summed E-state index contributed by atoms with van der Waals surface area (Å²) in [5.41, 5.74) is 2.26. The number of hydrogen-bond acceptors (Lipinski definition) is 1. The quantitative estimate of drug-likeness (QED) is 0.520. The largest absolute Gasteiger partial charge is 0.475 e. The van der Waals surface area contributed by atoms with Gasteiger partial charge >= 0.3 is 5.76 Å². The summed E-state index contributed by atoms with van der Waals surface area (Å²) >= 11 is 0. The van der Waals surface area contributed by atoms with E-state index in [4.69, 9.17) is 0 Å². The third kappa shape index (κ3) is 1.03. The Kier molecular flexibility index (Phi) is 1.42. The van der Waals surface area contributed by atoms with Crippen LogP contribution < -0.4 is 0 Å². The number of rotatable bonds is 0. The molecule has 2 rings (SSSR count). The molecule has 0 radical (unpaired) electrons. The minimum atomic E-state index is 0.437. The molecule has 0 aromatic heterocycles. The zero-order chi connectivity index (χ0) is 7.68. The molecule has 1 nitrogen and oxygen atoms in total. The zero-order valence-electron chi connectivity index (χ0n) is 6.25. The highest BCUT2D eigenvalue weighted by molar-refractivity contribution is 5.51. The fourth-order valence-electron chi connectivity index (χ4n) is 1.46. The Balaban J connectivity index is 2.41. The average Bonchev–Trinajstić information content (AvgIpc) is 2.06. The molecule has 0 saturated carbocycles. The molecule has 2 aliphatic carbocycles. The van der Waals surface area contributed by atoms with Crippen molar-refractivity contribution in [3.8, 4) is 0 Å². The van der Waals surface area contributed by atoms with Crippen LogP contribution in [-0.4, -0.2) is 5.11 Å². The molecule has 0 fully saturated rings. The monoisotopic (exact) mass is 146 g/mol. The maximum atomic E-state index is 9.42. The van der Waals surface area contributed by atoms with E-state index >= 15 is 0 Å². The highest BCUT2D eigenvalue weighted by Crippen LogP contribution is 2.30. The minimum Gasteiger partial charge on any atom is -0.475 e. The van der Waals surface area contributed by atoms with Gasteiger partial charge in [0.25, 0.3) is 5.57 Å². The average molecular weight is 146 g/mol. The van der Waals surface area contributed by atoms with E-state index in [0.717, 1.165) is 18.4 Å². The summed E-state index contributed by atoms with van der Waals surface area (Å²) in [6.07, 6.45) is 11.9. The predicted molar refractivity (Wildman–Crippen MR) is 44.7 cm³/mol. The summed E-state index contributed by atoms with van der Waals surface area (Å²) in [4.78, 5) is 0. The molecule has 0 spiro atoms. The third-order valence-electron chi connectivity index (χ3n) is 2.04. The number of hydrogen-bond donors (Lipinski definition) is 1. The Labute approximate surface area is 66.7 Å². The van der Waals surface area contributed by atoms with Gasteiger partial charge in [-0.05, 0) is 0 Å². The molecule has 1 heteroatoms. The lowest BCUT2D eigenvalue weighted by Gasteiger charge is -2.03. The SMILES string of the molecule is OC1=C2C=C[CH+]C=C2CC[CH+]1. The van der Waals surface area contributed by atoms with Crippen molar-refractivity contribution >= 4 is 0 Å². The Hall–Kier alpha value is -1.24. The second-order valence-corrected chi connectivity index (χ2v) is 2.79. The van der Waals surface area contributed by atoms with E-state index in [0.29, 0.717) is 5.76 Å². The molecule has 0 atom stereocenters. The molecule has 54 valence electrons. The van der Waals surface area contributed by atoms with Gasteiger partial charge in [-0.2, -0.15) is 0 Å². The van der Waals surface area contributed by atoms with Gasteiger partial charge in [-0.15, -0.1) is 0 Å². The standard InChI is InChI=1S/C10H9O/c11-10-7-3-5-8-4-1-2-6-9(8)10/h1-2,4,6-7H,3,5H2/q+1/p+1. The fourth-order valence-corrected chi connectivity index (χ4v) is 1.46. The van der Waals surface area contributed by atoms with Crippen molar-refractivity contribution < 1.29 is 5.11 Å². The van der Waals surface area contributed by atoms with Gasteiger partial charge in [0.2, 0.25) is 0 Å². The molecule has 0 aromatic rings. The summed E-state index contributed by atoms with van der Waals surface area (Å²) in [5, 5.41) is 9.42. The van der Waals surface area contributed by atoms with Gasteiger partial charge in [0.15, 0.2) is 0 Å². The predicted octanol–water partition coefficient (Wildman–Crippen LogP) is 2.50. The molecule has 2 aliphatic rings. The van der Waals surface area contributed by atoms with Crippen LogP contribution in [0.5, 0.6) is 0 Å².